The van der Waals surface area contributed by atoms with E-state index in [0.717, 1.165) is 9.80 Å². The molecule has 0 aromatic carbocycles. The zero-order valence-electron chi connectivity index (χ0n) is 59.3. The van der Waals surface area contributed by atoms with Gasteiger partial charge in [-0.1, -0.05) is 0 Å². The van der Waals surface area contributed by atoms with Crippen molar-refractivity contribution in [2.75, 3.05) is 32.7 Å². The number of hydrogen-bond donors (Lipinski definition) is 3. The second-order valence-electron chi connectivity index (χ2n) is 29.8. The summed E-state index contributed by atoms with van der Waals surface area (Å²) in [5.74, 6) is -6.60. The lowest BCUT2D eigenvalue weighted by atomic mass is 10.1. The normalized spacial score (nSPS) is 13.3. The van der Waals surface area contributed by atoms with E-state index < -0.39 is 149 Å². The number of imidazole rings is 2. The Morgan fingerprint density at radius 1 is 0.447 bits per heavy atom. The third-order valence-corrected chi connectivity index (χ3v) is 12.1. The van der Waals surface area contributed by atoms with Crippen molar-refractivity contribution in [3.8, 4) is 0 Å². The molecular formula is C65H106N10O19. The zero-order chi connectivity index (χ0) is 72.0. The van der Waals surface area contributed by atoms with Crippen molar-refractivity contribution in [2.45, 2.75) is 274 Å². The van der Waals surface area contributed by atoms with Crippen molar-refractivity contribution in [1.82, 2.24) is 49.8 Å². The third kappa shape index (κ3) is 36.5. The average Bonchev–Trinajstić information content (AvgIpc) is 1.61. The summed E-state index contributed by atoms with van der Waals surface area (Å²) in [6.07, 6.45) is 6.29. The van der Waals surface area contributed by atoms with E-state index in [4.69, 9.17) is 33.2 Å². The number of carbonyl (C=O) groups is 12. The van der Waals surface area contributed by atoms with Crippen LogP contribution in [-0.4, -0.2) is 196 Å². The highest BCUT2D eigenvalue weighted by Crippen LogP contribution is 2.19. The fourth-order valence-electron chi connectivity index (χ4n) is 8.64. The minimum Gasteiger partial charge on any atom is -0.460 e. The van der Waals surface area contributed by atoms with Crippen LogP contribution in [0, 0.1) is 0 Å². The Hall–Kier alpha value is -7.98. The number of rotatable bonds is 33. The quantitative estimate of drug-likeness (QED) is 0.0340. The molecule has 0 saturated heterocycles. The van der Waals surface area contributed by atoms with Gasteiger partial charge in [0.15, 0.2) is 0 Å². The molecular weight excluding hydrogens is 1220 g/mol. The first-order valence-electron chi connectivity index (χ1n) is 31.5. The van der Waals surface area contributed by atoms with Crippen LogP contribution in [0.5, 0.6) is 0 Å². The Morgan fingerprint density at radius 2 is 0.777 bits per heavy atom. The first kappa shape index (κ1) is 82.1. The molecule has 2 heterocycles. The van der Waals surface area contributed by atoms with Gasteiger partial charge in [-0.2, -0.15) is 0 Å². The van der Waals surface area contributed by atoms with Crippen LogP contribution in [-0.2, 0) is 112 Å². The molecule has 0 aliphatic rings. The van der Waals surface area contributed by atoms with Gasteiger partial charge in [0, 0.05) is 37.6 Å². The lowest BCUT2D eigenvalue weighted by molar-refractivity contribution is -0.165. The lowest BCUT2D eigenvalue weighted by Gasteiger charge is -2.27. The van der Waals surface area contributed by atoms with E-state index in [1.807, 2.05) is 4.90 Å². The van der Waals surface area contributed by atoms with E-state index in [2.05, 4.69) is 25.9 Å². The third-order valence-electron chi connectivity index (χ3n) is 12.1. The number of hydrogen-bond acceptors (Lipinski definition) is 22. The molecule has 94 heavy (non-hydrogen) atoms. The van der Waals surface area contributed by atoms with E-state index >= 15 is 0 Å². The van der Waals surface area contributed by atoms with Gasteiger partial charge in [0.2, 0.25) is 17.7 Å². The van der Waals surface area contributed by atoms with Crippen molar-refractivity contribution < 1.29 is 90.7 Å². The number of aromatic nitrogens is 4. The summed E-state index contributed by atoms with van der Waals surface area (Å²) in [4.78, 5) is 173. The second kappa shape index (κ2) is 35.5. The first-order valence-corrected chi connectivity index (χ1v) is 31.5. The summed E-state index contributed by atoms with van der Waals surface area (Å²) in [6.45, 7) is 32.1. The minimum atomic E-state index is -1.43. The van der Waals surface area contributed by atoms with E-state index in [9.17, 15) is 57.5 Å². The molecule has 0 aliphatic carbocycles. The maximum absolute atomic E-state index is 14.1. The van der Waals surface area contributed by atoms with Crippen molar-refractivity contribution in [3.63, 3.8) is 0 Å². The van der Waals surface area contributed by atoms with Gasteiger partial charge in [0.25, 0.3) is 0 Å². The number of ether oxygens (including phenoxy) is 7. The van der Waals surface area contributed by atoms with Crippen LogP contribution in [0.15, 0.2) is 24.8 Å². The van der Waals surface area contributed by atoms with Crippen LogP contribution in [0.3, 0.4) is 0 Å². The molecule has 3 atom stereocenters. The molecule has 2 aromatic heterocycles. The fraction of sp³-hybridized carbons (Fsp3) is 0.723. The van der Waals surface area contributed by atoms with Crippen LogP contribution in [0.25, 0.3) is 0 Å². The zero-order valence-corrected chi connectivity index (χ0v) is 59.3. The van der Waals surface area contributed by atoms with Crippen LogP contribution >= 0.6 is 0 Å². The van der Waals surface area contributed by atoms with Crippen molar-refractivity contribution in [3.05, 3.63) is 36.4 Å². The number of carbonyl (C=O) groups excluding carboxylic acids is 12. The molecule has 29 nitrogen and oxygen atoms in total. The van der Waals surface area contributed by atoms with Gasteiger partial charge < -0.3 is 72.8 Å². The summed E-state index contributed by atoms with van der Waals surface area (Å²) in [5, 5.41) is 7.65. The van der Waals surface area contributed by atoms with E-state index in [1.165, 1.54) is 21.5 Å². The summed E-state index contributed by atoms with van der Waals surface area (Å²) in [7, 11) is 0. The van der Waals surface area contributed by atoms with Gasteiger partial charge in [-0.15, -0.1) is 0 Å². The van der Waals surface area contributed by atoms with Crippen LogP contribution in [0.4, 0.5) is 4.79 Å². The number of nitrogens with zero attached hydrogens (tertiary/aromatic N) is 7. The predicted octanol–water partition coefficient (Wildman–Crippen LogP) is 5.58. The summed E-state index contributed by atoms with van der Waals surface area (Å²) >= 11 is 0. The van der Waals surface area contributed by atoms with Crippen molar-refractivity contribution in [1.29, 1.82) is 0 Å². The van der Waals surface area contributed by atoms with Gasteiger partial charge in [0.1, 0.15) is 108 Å². The highest BCUT2D eigenvalue weighted by Gasteiger charge is 2.34. The van der Waals surface area contributed by atoms with Crippen molar-refractivity contribution in [2.24, 2.45) is 0 Å². The van der Waals surface area contributed by atoms with E-state index in [0.29, 0.717) is 30.8 Å². The Morgan fingerprint density at radius 3 is 1.11 bits per heavy atom. The highest BCUT2D eigenvalue weighted by atomic mass is 16.6. The highest BCUT2D eigenvalue weighted by molar-refractivity contribution is 5.89. The SMILES string of the molecule is CC(C)(C)OC(=O)CC[C@H](NC(=O)N[C@@H](CCC(=O)N[C@H](C=O)CCCCN(Cc1nccn1CC(=O)N(CC(=O)OC(C)(C)C)CC(=O)OC(C)(C)C)Cc1nccn1CC(=O)N(CC(=O)OC(C)(C)C)CC(=O)OC(C)(C)C)C(=O)OC(C)(C)C)C(=O)OC(C)(C)C. The van der Waals surface area contributed by atoms with E-state index in [1.54, 1.807) is 158 Å². The number of unbranched alkanes of at least 4 members (excludes halogenated alkanes) is 1. The molecule has 0 saturated carbocycles. The predicted molar refractivity (Wildman–Crippen MR) is 342 cm³/mol. The second-order valence-corrected chi connectivity index (χ2v) is 29.8. The van der Waals surface area contributed by atoms with Gasteiger partial charge in [-0.05, 0) is 184 Å². The molecule has 0 spiro atoms. The molecule has 0 aliphatic heterocycles. The number of esters is 7. The molecule has 530 valence electrons. The summed E-state index contributed by atoms with van der Waals surface area (Å²) in [5.41, 5.74) is -6.39. The molecule has 0 fully saturated rings. The number of urea groups is 1. The van der Waals surface area contributed by atoms with E-state index in [-0.39, 0.29) is 64.8 Å². The Labute approximate surface area is 553 Å². The standard InChI is InChI=1S/C65H106N10O19/c1-59(2,3)88-51(80)28-26-45(57(86)94-65(19,20)21)70-58(87)69-44(56(85)93-64(16,17)18)25-27-48(77)68-43(42-76)24-22-23-31-71(34-46-66-29-32-72(46)36-49(78)74(38-52(81)89-60(4,5)6)39-53(82)90-61(7,8)9)35-47-67-30-33-73(47)37-50(79)75(40-54(83)91-62(10,11)12)41-55(84)92-63(13,14)15/h29-30,32-33,42-45H,22-28,31,34-41H2,1-21H3,(H,68,77)(H2,69,70,87)/t43-,44-,45-/m0/s1. The maximum Gasteiger partial charge on any atom is 0.329 e. The monoisotopic (exact) mass is 1330 g/mol. The van der Waals surface area contributed by atoms with Crippen LogP contribution < -0.4 is 16.0 Å². The molecule has 0 unspecified atom stereocenters. The fourth-order valence-corrected chi connectivity index (χ4v) is 8.64. The number of aldehydes is 1. The van der Waals surface area contributed by atoms with Crippen LogP contribution in [0.2, 0.25) is 0 Å². The smallest absolute Gasteiger partial charge is 0.329 e. The molecule has 5 amide bonds. The van der Waals surface area contributed by atoms with Gasteiger partial charge in [-0.3, -0.25) is 43.3 Å². The van der Waals surface area contributed by atoms with Crippen molar-refractivity contribution >= 4 is 71.8 Å². The molecule has 0 bridgehead atoms. The number of amides is 5. The maximum atomic E-state index is 14.1. The van der Waals surface area contributed by atoms with Gasteiger partial charge >= 0.3 is 47.8 Å². The minimum absolute atomic E-state index is 0.0368. The van der Waals surface area contributed by atoms with Gasteiger partial charge in [-0.25, -0.2) is 24.4 Å². The Kier molecular flexibility index (Phi) is 31.0. The first-order chi connectivity index (χ1) is 42.9. The largest absolute Gasteiger partial charge is 0.460 e. The molecule has 2 rings (SSSR count). The summed E-state index contributed by atoms with van der Waals surface area (Å²) in [6, 6.07) is -4.80. The summed E-state index contributed by atoms with van der Waals surface area (Å²) < 4.78 is 41.5. The Balaban J connectivity index is 2.47. The Bertz CT molecular complexity index is 2730. The molecule has 0 radical (unpaired) electrons. The average molecular weight is 1330 g/mol. The number of nitrogens with one attached hydrogen (secondary N) is 3. The van der Waals surface area contributed by atoms with Crippen LogP contribution in [0.1, 0.15) is 202 Å². The molecule has 29 heteroatoms. The molecule has 2 aromatic rings. The molecule has 3 N–H and O–H groups in total. The lowest BCUT2D eigenvalue weighted by Crippen LogP contribution is -2.53. The van der Waals surface area contributed by atoms with Gasteiger partial charge in [0.05, 0.1) is 19.1 Å². The topological polar surface area (TPSA) is 351 Å².